The first-order chi connectivity index (χ1) is 9.54. The van der Waals surface area contributed by atoms with Gasteiger partial charge in [0.25, 0.3) is 0 Å². The van der Waals surface area contributed by atoms with E-state index < -0.39 is 0 Å². The van der Waals surface area contributed by atoms with Crippen LogP contribution in [0.15, 0.2) is 16.6 Å². The Morgan fingerprint density at radius 1 is 1.20 bits per heavy atom. The van der Waals surface area contributed by atoms with Crippen molar-refractivity contribution in [1.29, 1.82) is 0 Å². The van der Waals surface area contributed by atoms with Crippen LogP contribution in [0.5, 0.6) is 11.5 Å². The topological polar surface area (TPSA) is 30.5 Å². The molecule has 0 radical (unpaired) electrons. The van der Waals surface area contributed by atoms with Gasteiger partial charge in [-0.3, -0.25) is 0 Å². The lowest BCUT2D eigenvalue weighted by molar-refractivity contribution is 0.380. The molecule has 3 nitrogen and oxygen atoms in total. The Morgan fingerprint density at radius 3 is 2.45 bits per heavy atom. The highest BCUT2D eigenvalue weighted by Crippen LogP contribution is 2.41. The Hall–Kier alpha value is -0.740. The second-order valence-electron chi connectivity index (χ2n) is 5.20. The number of ether oxygens (including phenoxy) is 2. The first kappa shape index (κ1) is 17.3. The van der Waals surface area contributed by atoms with Crippen LogP contribution in [0.4, 0.5) is 0 Å². The Kier molecular flexibility index (Phi) is 7.38. The lowest BCUT2D eigenvalue weighted by atomic mass is 9.93. The molecule has 0 aliphatic rings. The molecule has 0 saturated carbocycles. The average molecular weight is 344 g/mol. The van der Waals surface area contributed by atoms with Crippen LogP contribution in [0.25, 0.3) is 0 Å². The molecule has 0 heterocycles. The molecule has 0 saturated heterocycles. The Morgan fingerprint density at radius 2 is 1.90 bits per heavy atom. The van der Waals surface area contributed by atoms with Crippen molar-refractivity contribution in [2.45, 2.75) is 45.6 Å². The van der Waals surface area contributed by atoms with Crippen molar-refractivity contribution in [1.82, 2.24) is 5.32 Å². The molecule has 1 N–H and O–H groups in total. The molecule has 114 valence electrons. The number of halogens is 1. The van der Waals surface area contributed by atoms with Crippen LogP contribution in [-0.4, -0.2) is 26.8 Å². The van der Waals surface area contributed by atoms with Crippen molar-refractivity contribution >= 4 is 15.9 Å². The zero-order valence-electron chi connectivity index (χ0n) is 13.1. The number of hydrogen-bond acceptors (Lipinski definition) is 3. The first-order valence-corrected chi connectivity index (χ1v) is 7.98. The minimum absolute atomic E-state index is 0.423. The molecule has 1 aromatic rings. The summed E-state index contributed by atoms with van der Waals surface area (Å²) in [4.78, 5) is 0. The molecule has 2 atom stereocenters. The fourth-order valence-corrected chi connectivity index (χ4v) is 3.12. The Balaban J connectivity index is 2.87. The van der Waals surface area contributed by atoms with Crippen molar-refractivity contribution in [3.63, 3.8) is 0 Å². The van der Waals surface area contributed by atoms with Gasteiger partial charge < -0.3 is 14.8 Å². The summed E-state index contributed by atoms with van der Waals surface area (Å²) in [5.74, 6) is 2.10. The maximum atomic E-state index is 5.56. The van der Waals surface area contributed by atoms with Crippen LogP contribution in [0.3, 0.4) is 0 Å². The largest absolute Gasteiger partial charge is 0.495 e. The second-order valence-corrected chi connectivity index (χ2v) is 5.99. The maximum Gasteiger partial charge on any atom is 0.140 e. The molecule has 0 spiro atoms. The van der Waals surface area contributed by atoms with Crippen molar-refractivity contribution in [2.75, 3.05) is 20.8 Å². The number of benzene rings is 1. The van der Waals surface area contributed by atoms with Gasteiger partial charge in [0.1, 0.15) is 16.0 Å². The number of nitrogens with one attached hydrogen (secondary N) is 1. The van der Waals surface area contributed by atoms with Gasteiger partial charge in [0.05, 0.1) is 14.2 Å². The first-order valence-electron chi connectivity index (χ1n) is 7.18. The summed E-state index contributed by atoms with van der Waals surface area (Å²) in [5, 5.41) is 3.53. The van der Waals surface area contributed by atoms with E-state index in [9.17, 15) is 0 Å². The summed E-state index contributed by atoms with van der Waals surface area (Å²) < 4.78 is 11.8. The zero-order chi connectivity index (χ0) is 15.1. The van der Waals surface area contributed by atoms with E-state index in [1.165, 1.54) is 5.56 Å². The lowest BCUT2D eigenvalue weighted by Gasteiger charge is -2.22. The quantitative estimate of drug-likeness (QED) is 0.761. The molecule has 4 heteroatoms. The van der Waals surface area contributed by atoms with Crippen LogP contribution in [0.1, 0.15) is 45.1 Å². The van der Waals surface area contributed by atoms with Gasteiger partial charge in [-0.25, -0.2) is 0 Å². The number of hydrogen-bond donors (Lipinski definition) is 1. The second kappa shape index (κ2) is 8.53. The van der Waals surface area contributed by atoms with E-state index in [0.717, 1.165) is 35.4 Å². The van der Waals surface area contributed by atoms with E-state index in [-0.39, 0.29) is 0 Å². The minimum Gasteiger partial charge on any atom is -0.495 e. The van der Waals surface area contributed by atoms with Gasteiger partial charge in [-0.1, -0.05) is 19.9 Å². The lowest BCUT2D eigenvalue weighted by Crippen LogP contribution is -2.28. The van der Waals surface area contributed by atoms with E-state index in [1.54, 1.807) is 14.2 Å². The number of rotatable bonds is 8. The standard InChI is InChI=1S/C16H26BrNO2/c1-6-9-18-12(3)10-11(2)13-7-8-14(19-4)15(17)16(13)20-5/h7-8,11-12,18H,6,9-10H2,1-5H3. The third-order valence-corrected chi connectivity index (χ3v) is 4.25. The Labute approximate surface area is 131 Å². The van der Waals surface area contributed by atoms with Gasteiger partial charge >= 0.3 is 0 Å². The fraction of sp³-hybridized carbons (Fsp3) is 0.625. The minimum atomic E-state index is 0.423. The molecule has 20 heavy (non-hydrogen) atoms. The van der Waals surface area contributed by atoms with Crippen molar-refractivity contribution in [3.05, 3.63) is 22.2 Å². The monoisotopic (exact) mass is 343 g/mol. The van der Waals surface area contributed by atoms with Crippen molar-refractivity contribution in [2.24, 2.45) is 0 Å². The molecule has 2 unspecified atom stereocenters. The molecule has 0 aromatic heterocycles. The highest BCUT2D eigenvalue weighted by molar-refractivity contribution is 9.10. The van der Waals surface area contributed by atoms with Crippen molar-refractivity contribution < 1.29 is 9.47 Å². The van der Waals surface area contributed by atoms with Gasteiger partial charge in [-0.05, 0) is 59.8 Å². The highest BCUT2D eigenvalue weighted by Gasteiger charge is 2.18. The van der Waals surface area contributed by atoms with Gasteiger partial charge in [0, 0.05) is 6.04 Å². The summed E-state index contributed by atoms with van der Waals surface area (Å²) in [7, 11) is 3.37. The van der Waals surface area contributed by atoms with Crippen molar-refractivity contribution in [3.8, 4) is 11.5 Å². The smallest absolute Gasteiger partial charge is 0.140 e. The molecular weight excluding hydrogens is 318 g/mol. The molecule has 0 aliphatic heterocycles. The van der Waals surface area contributed by atoms with E-state index in [0.29, 0.717) is 12.0 Å². The van der Waals surface area contributed by atoms with E-state index in [1.807, 2.05) is 6.07 Å². The summed E-state index contributed by atoms with van der Waals surface area (Å²) >= 11 is 3.56. The van der Waals surface area contributed by atoms with Crippen LogP contribution >= 0.6 is 15.9 Å². The van der Waals surface area contributed by atoms with E-state index in [2.05, 4.69) is 48.1 Å². The molecule has 0 amide bonds. The van der Waals surface area contributed by atoms with Crippen LogP contribution in [0.2, 0.25) is 0 Å². The van der Waals surface area contributed by atoms with Gasteiger partial charge in [-0.15, -0.1) is 0 Å². The van der Waals surface area contributed by atoms with E-state index >= 15 is 0 Å². The highest BCUT2D eigenvalue weighted by atomic mass is 79.9. The molecule has 0 aliphatic carbocycles. The predicted molar refractivity (Wildman–Crippen MR) is 88.0 cm³/mol. The Bertz CT molecular complexity index is 423. The SMILES string of the molecule is CCCNC(C)CC(C)c1ccc(OC)c(Br)c1OC. The van der Waals surface area contributed by atoms with Crippen LogP contribution in [0, 0.1) is 0 Å². The average Bonchev–Trinajstić information content (AvgIpc) is 2.44. The van der Waals surface area contributed by atoms with Crippen LogP contribution in [-0.2, 0) is 0 Å². The summed E-state index contributed by atoms with van der Waals surface area (Å²) in [6.07, 6.45) is 2.24. The zero-order valence-corrected chi connectivity index (χ0v) is 14.7. The van der Waals surface area contributed by atoms with Gasteiger partial charge in [-0.2, -0.15) is 0 Å². The summed E-state index contributed by atoms with van der Waals surface area (Å²) in [6.45, 7) is 7.72. The molecular formula is C16H26BrNO2. The number of methoxy groups -OCH3 is 2. The molecule has 0 fully saturated rings. The predicted octanol–water partition coefficient (Wildman–Crippen LogP) is 4.35. The third kappa shape index (κ3) is 4.38. The fourth-order valence-electron chi connectivity index (χ4n) is 2.44. The summed E-state index contributed by atoms with van der Waals surface area (Å²) in [5.41, 5.74) is 1.21. The summed E-state index contributed by atoms with van der Waals surface area (Å²) in [6, 6.07) is 4.58. The maximum absolute atomic E-state index is 5.56. The molecule has 1 aromatic carbocycles. The normalized spacial score (nSPS) is 13.9. The molecule has 0 bridgehead atoms. The van der Waals surface area contributed by atoms with Crippen LogP contribution < -0.4 is 14.8 Å². The third-order valence-electron chi connectivity index (χ3n) is 3.50. The van der Waals surface area contributed by atoms with Gasteiger partial charge in [0.2, 0.25) is 0 Å². The van der Waals surface area contributed by atoms with E-state index in [4.69, 9.17) is 9.47 Å². The molecule has 1 rings (SSSR count). The van der Waals surface area contributed by atoms with Gasteiger partial charge in [0.15, 0.2) is 0 Å².